The number of likely N-dealkylation sites (tertiary alicyclic amines) is 2. The zero-order valence-corrected chi connectivity index (χ0v) is 11.2. The summed E-state index contributed by atoms with van der Waals surface area (Å²) in [7, 11) is 0. The molecule has 0 atom stereocenters. The number of hydrogen-bond donors (Lipinski definition) is 0. The molecule has 1 amide bonds. The van der Waals surface area contributed by atoms with Crippen LogP contribution in [0.3, 0.4) is 0 Å². The number of hydrogen-bond acceptors (Lipinski definition) is 3. The summed E-state index contributed by atoms with van der Waals surface area (Å²) in [6, 6.07) is 0. The fourth-order valence-electron chi connectivity index (χ4n) is 2.84. The van der Waals surface area contributed by atoms with Crippen LogP contribution in [0, 0.1) is 0 Å². The lowest BCUT2D eigenvalue weighted by Crippen LogP contribution is -2.29. The molecule has 2 saturated heterocycles. The molecule has 0 bridgehead atoms. The molecule has 4 heteroatoms. The Labute approximate surface area is 109 Å². The van der Waals surface area contributed by atoms with Crippen molar-refractivity contribution in [2.75, 3.05) is 32.7 Å². The van der Waals surface area contributed by atoms with Gasteiger partial charge in [-0.15, -0.1) is 0 Å². The molecule has 4 nitrogen and oxygen atoms in total. The minimum absolute atomic E-state index is 0.0229. The van der Waals surface area contributed by atoms with Gasteiger partial charge in [-0.2, -0.15) is 0 Å². The average molecular weight is 252 g/mol. The summed E-state index contributed by atoms with van der Waals surface area (Å²) in [5.41, 5.74) is 0. The van der Waals surface area contributed by atoms with Crippen LogP contribution in [0.5, 0.6) is 0 Å². The molecule has 0 N–H and O–H groups in total. The summed E-state index contributed by atoms with van der Waals surface area (Å²) < 4.78 is 0. The first kappa shape index (κ1) is 13.5. The topological polar surface area (TPSA) is 40.6 Å². The van der Waals surface area contributed by atoms with Crippen molar-refractivity contribution in [2.24, 2.45) is 0 Å². The number of amides is 1. The lowest BCUT2D eigenvalue weighted by molar-refractivity contribution is -0.127. The molecule has 2 aliphatic rings. The average Bonchev–Trinajstić information content (AvgIpc) is 2.57. The van der Waals surface area contributed by atoms with Gasteiger partial charge >= 0.3 is 0 Å². The maximum absolute atomic E-state index is 11.4. The second-order valence-electron chi connectivity index (χ2n) is 5.49. The van der Waals surface area contributed by atoms with E-state index in [0.29, 0.717) is 6.54 Å². The van der Waals surface area contributed by atoms with Gasteiger partial charge in [0.15, 0.2) is 5.78 Å². The largest absolute Gasteiger partial charge is 0.335 e. The molecule has 0 aromatic heterocycles. The van der Waals surface area contributed by atoms with Crippen molar-refractivity contribution in [3.8, 4) is 0 Å². The van der Waals surface area contributed by atoms with Gasteiger partial charge in [0.1, 0.15) is 0 Å². The van der Waals surface area contributed by atoms with Crippen LogP contribution in [0.4, 0.5) is 0 Å². The first-order valence-corrected chi connectivity index (χ1v) is 7.27. The van der Waals surface area contributed by atoms with Crippen molar-refractivity contribution in [1.29, 1.82) is 0 Å². The highest BCUT2D eigenvalue weighted by Crippen LogP contribution is 2.11. The molecule has 102 valence electrons. The Hall–Kier alpha value is -0.900. The maximum Gasteiger partial charge on any atom is 0.230 e. The van der Waals surface area contributed by atoms with Crippen LogP contribution >= 0.6 is 0 Å². The third kappa shape index (κ3) is 4.09. The molecule has 2 aliphatic heterocycles. The number of ketones is 1. The second kappa shape index (κ2) is 6.88. The molecular formula is C14H24N2O2. The van der Waals surface area contributed by atoms with Gasteiger partial charge in [-0.1, -0.05) is 12.8 Å². The zero-order chi connectivity index (χ0) is 12.8. The van der Waals surface area contributed by atoms with Gasteiger partial charge in [-0.05, 0) is 45.3 Å². The standard InChI is InChI=1S/C14H24N2O2/c17-13-11-14(18)16(12-13)10-6-5-9-15-7-3-1-2-4-8-15/h1-12H2. The van der Waals surface area contributed by atoms with Gasteiger partial charge in [0, 0.05) is 6.54 Å². The molecule has 0 spiro atoms. The molecule has 0 aromatic rings. The highest BCUT2D eigenvalue weighted by atomic mass is 16.2. The molecular weight excluding hydrogens is 228 g/mol. The van der Waals surface area contributed by atoms with Crippen LogP contribution in [0.25, 0.3) is 0 Å². The van der Waals surface area contributed by atoms with Crippen molar-refractivity contribution in [3.63, 3.8) is 0 Å². The predicted octanol–water partition coefficient (Wildman–Crippen LogP) is 1.44. The van der Waals surface area contributed by atoms with Gasteiger partial charge in [0.05, 0.1) is 13.0 Å². The first-order chi connectivity index (χ1) is 8.75. The van der Waals surface area contributed by atoms with Gasteiger partial charge in [0.25, 0.3) is 0 Å². The van der Waals surface area contributed by atoms with Gasteiger partial charge in [-0.3, -0.25) is 9.59 Å². The fraction of sp³-hybridized carbons (Fsp3) is 0.857. The molecule has 0 unspecified atom stereocenters. The Morgan fingerprint density at radius 3 is 2.17 bits per heavy atom. The molecule has 0 aromatic carbocycles. The SMILES string of the molecule is O=C1CC(=O)N(CCCCN2CCCCCC2)C1. The Morgan fingerprint density at radius 2 is 1.56 bits per heavy atom. The van der Waals surface area contributed by atoms with E-state index in [2.05, 4.69) is 4.90 Å². The van der Waals surface area contributed by atoms with Gasteiger partial charge in [0.2, 0.25) is 5.91 Å². The summed E-state index contributed by atoms with van der Waals surface area (Å²) in [5.74, 6) is 0.0993. The Kier molecular flexibility index (Phi) is 5.17. The van der Waals surface area contributed by atoms with E-state index in [-0.39, 0.29) is 18.1 Å². The Balaban J connectivity index is 1.58. The lowest BCUT2D eigenvalue weighted by atomic mass is 10.2. The Bertz CT molecular complexity index is 296. The maximum atomic E-state index is 11.4. The van der Waals surface area contributed by atoms with E-state index >= 15 is 0 Å². The summed E-state index contributed by atoms with van der Waals surface area (Å²) in [6.07, 6.45) is 7.71. The quantitative estimate of drug-likeness (QED) is 0.549. The summed E-state index contributed by atoms with van der Waals surface area (Å²) in [4.78, 5) is 26.8. The molecule has 2 heterocycles. The number of carbonyl (C=O) groups is 2. The van der Waals surface area contributed by atoms with E-state index in [0.717, 1.165) is 25.9 Å². The Morgan fingerprint density at radius 1 is 0.889 bits per heavy atom. The van der Waals surface area contributed by atoms with Gasteiger partial charge in [-0.25, -0.2) is 0 Å². The van der Waals surface area contributed by atoms with E-state index in [1.54, 1.807) is 4.90 Å². The number of carbonyl (C=O) groups excluding carboxylic acids is 2. The molecule has 18 heavy (non-hydrogen) atoms. The zero-order valence-electron chi connectivity index (χ0n) is 11.2. The normalized spacial score (nSPS) is 22.6. The van der Waals surface area contributed by atoms with Crippen molar-refractivity contribution >= 4 is 11.7 Å². The summed E-state index contributed by atoms with van der Waals surface area (Å²) in [5, 5.41) is 0. The van der Waals surface area contributed by atoms with Crippen LogP contribution < -0.4 is 0 Å². The molecule has 2 fully saturated rings. The lowest BCUT2D eigenvalue weighted by Gasteiger charge is -2.20. The molecule has 0 saturated carbocycles. The summed E-state index contributed by atoms with van der Waals surface area (Å²) >= 11 is 0. The van der Waals surface area contributed by atoms with E-state index in [1.807, 2.05) is 0 Å². The first-order valence-electron chi connectivity index (χ1n) is 7.27. The number of nitrogens with zero attached hydrogens (tertiary/aromatic N) is 2. The highest BCUT2D eigenvalue weighted by molar-refractivity contribution is 6.05. The van der Waals surface area contributed by atoms with Crippen LogP contribution in [-0.4, -0.2) is 54.2 Å². The molecule has 0 aliphatic carbocycles. The smallest absolute Gasteiger partial charge is 0.230 e. The number of rotatable bonds is 5. The van der Waals surface area contributed by atoms with Crippen LogP contribution in [0.2, 0.25) is 0 Å². The predicted molar refractivity (Wildman–Crippen MR) is 70.3 cm³/mol. The summed E-state index contributed by atoms with van der Waals surface area (Å²) in [6.45, 7) is 4.74. The molecule has 0 radical (unpaired) electrons. The van der Waals surface area contributed by atoms with E-state index in [4.69, 9.17) is 0 Å². The monoisotopic (exact) mass is 252 g/mol. The van der Waals surface area contributed by atoms with Crippen molar-refractivity contribution in [2.45, 2.75) is 44.9 Å². The minimum atomic E-state index is 0.0229. The molecule has 2 rings (SSSR count). The fourth-order valence-corrected chi connectivity index (χ4v) is 2.84. The minimum Gasteiger partial charge on any atom is -0.335 e. The van der Waals surface area contributed by atoms with Crippen molar-refractivity contribution in [1.82, 2.24) is 9.80 Å². The van der Waals surface area contributed by atoms with E-state index in [9.17, 15) is 9.59 Å². The van der Waals surface area contributed by atoms with E-state index < -0.39 is 0 Å². The van der Waals surface area contributed by atoms with Crippen LogP contribution in [0.15, 0.2) is 0 Å². The van der Waals surface area contributed by atoms with Crippen molar-refractivity contribution in [3.05, 3.63) is 0 Å². The second-order valence-corrected chi connectivity index (χ2v) is 5.49. The number of Topliss-reactive ketones (excluding diaryl/α,β-unsaturated/α-hetero) is 1. The third-order valence-electron chi connectivity index (χ3n) is 3.92. The van der Waals surface area contributed by atoms with E-state index in [1.165, 1.54) is 38.8 Å². The van der Waals surface area contributed by atoms with Crippen LogP contribution in [-0.2, 0) is 9.59 Å². The van der Waals surface area contributed by atoms with Crippen LogP contribution in [0.1, 0.15) is 44.9 Å². The number of unbranched alkanes of at least 4 members (excludes halogenated alkanes) is 1. The van der Waals surface area contributed by atoms with Crippen molar-refractivity contribution < 1.29 is 9.59 Å². The highest BCUT2D eigenvalue weighted by Gasteiger charge is 2.26. The van der Waals surface area contributed by atoms with Gasteiger partial charge < -0.3 is 9.80 Å². The third-order valence-corrected chi connectivity index (χ3v) is 3.92.